The van der Waals surface area contributed by atoms with E-state index in [0.717, 1.165) is 27.3 Å². The second-order valence-electron chi connectivity index (χ2n) is 5.30. The molecule has 1 heterocycles. The maximum absolute atomic E-state index is 12.2. The van der Waals surface area contributed by atoms with Gasteiger partial charge >= 0.3 is 0 Å². The van der Waals surface area contributed by atoms with E-state index >= 15 is 0 Å². The second-order valence-corrected chi connectivity index (χ2v) is 7.45. The Morgan fingerprint density at radius 3 is 2.58 bits per heavy atom. The third-order valence-electron chi connectivity index (χ3n) is 3.63. The molecule has 0 saturated carbocycles. The zero-order chi connectivity index (χ0) is 17.9. The van der Waals surface area contributed by atoms with Crippen LogP contribution in [0.3, 0.4) is 0 Å². The number of hydrogen-bond donors (Lipinski definition) is 0. The topological polar surface area (TPSA) is 55.8 Å². The molecule has 1 aliphatic rings. The van der Waals surface area contributed by atoms with Crippen LogP contribution < -0.4 is 9.47 Å². The second kappa shape index (κ2) is 8.24. The SMILES string of the molecule is CC[C@H](C)Oc1c(I)cc(/C=C2/SC(=O)N(CC)C2=O)cc1OC. The van der Waals surface area contributed by atoms with Crippen molar-refractivity contribution in [1.29, 1.82) is 0 Å². The molecule has 5 nitrogen and oxygen atoms in total. The van der Waals surface area contributed by atoms with Gasteiger partial charge in [-0.3, -0.25) is 14.5 Å². The van der Waals surface area contributed by atoms with E-state index in [1.807, 2.05) is 19.1 Å². The first-order chi connectivity index (χ1) is 11.4. The largest absolute Gasteiger partial charge is 0.493 e. The van der Waals surface area contributed by atoms with Gasteiger partial charge in [0.15, 0.2) is 11.5 Å². The lowest BCUT2D eigenvalue weighted by atomic mass is 10.1. The normalized spacial score (nSPS) is 17.5. The Balaban J connectivity index is 2.36. The predicted octanol–water partition coefficient (Wildman–Crippen LogP) is 4.53. The molecule has 1 aromatic carbocycles. The van der Waals surface area contributed by atoms with E-state index < -0.39 is 0 Å². The van der Waals surface area contributed by atoms with Gasteiger partial charge in [-0.05, 0) is 78.4 Å². The van der Waals surface area contributed by atoms with Crippen LogP contribution in [-0.2, 0) is 4.79 Å². The van der Waals surface area contributed by atoms with Crippen LogP contribution in [0, 0.1) is 3.57 Å². The minimum atomic E-state index is -0.249. The number of nitrogens with zero attached hydrogens (tertiary/aromatic N) is 1. The number of halogens is 1. The highest BCUT2D eigenvalue weighted by molar-refractivity contribution is 14.1. The lowest BCUT2D eigenvalue weighted by molar-refractivity contribution is -0.122. The zero-order valence-corrected chi connectivity index (χ0v) is 17.1. The smallest absolute Gasteiger partial charge is 0.293 e. The van der Waals surface area contributed by atoms with Crippen LogP contribution in [0.5, 0.6) is 11.5 Å². The molecule has 0 unspecified atom stereocenters. The van der Waals surface area contributed by atoms with Crippen LogP contribution in [0.15, 0.2) is 17.0 Å². The van der Waals surface area contributed by atoms with Crippen molar-refractivity contribution in [2.75, 3.05) is 13.7 Å². The molecule has 2 amide bonds. The van der Waals surface area contributed by atoms with Crippen LogP contribution in [0.4, 0.5) is 4.79 Å². The van der Waals surface area contributed by atoms with Gasteiger partial charge in [0.05, 0.1) is 21.7 Å². The summed E-state index contributed by atoms with van der Waals surface area (Å²) in [4.78, 5) is 25.7. The molecule has 1 aromatic rings. The summed E-state index contributed by atoms with van der Waals surface area (Å²) < 4.78 is 12.3. The minimum absolute atomic E-state index is 0.0827. The summed E-state index contributed by atoms with van der Waals surface area (Å²) in [7, 11) is 1.59. The highest BCUT2D eigenvalue weighted by Crippen LogP contribution is 2.37. The lowest BCUT2D eigenvalue weighted by Gasteiger charge is -2.17. The van der Waals surface area contributed by atoms with Crippen molar-refractivity contribution >= 4 is 51.6 Å². The van der Waals surface area contributed by atoms with Crippen molar-refractivity contribution in [3.63, 3.8) is 0 Å². The molecule has 0 N–H and O–H groups in total. The fourth-order valence-electron chi connectivity index (χ4n) is 2.15. The van der Waals surface area contributed by atoms with Crippen LogP contribution >= 0.6 is 34.4 Å². The molecule has 1 atom stereocenters. The van der Waals surface area contributed by atoms with Crippen molar-refractivity contribution in [3.8, 4) is 11.5 Å². The van der Waals surface area contributed by atoms with Gasteiger partial charge in [-0.1, -0.05) is 6.92 Å². The van der Waals surface area contributed by atoms with Crippen LogP contribution in [0.1, 0.15) is 32.8 Å². The summed E-state index contributed by atoms with van der Waals surface area (Å²) in [6.07, 6.45) is 2.70. The minimum Gasteiger partial charge on any atom is -0.493 e. The first-order valence-electron chi connectivity index (χ1n) is 7.70. The monoisotopic (exact) mass is 461 g/mol. The standard InChI is InChI=1S/C17H20INO4S/c1-5-10(3)23-15-12(18)7-11(8-13(15)22-4)9-14-16(20)19(6-2)17(21)24-14/h7-10H,5-6H2,1-4H3/b14-9+/t10-/m0/s1. The molecule has 2 rings (SSSR count). The number of rotatable bonds is 6. The number of imide groups is 1. The number of amides is 2. The molecule has 24 heavy (non-hydrogen) atoms. The van der Waals surface area contributed by atoms with E-state index in [0.29, 0.717) is 22.9 Å². The molecular weight excluding hydrogens is 441 g/mol. The Morgan fingerprint density at radius 1 is 1.33 bits per heavy atom. The first kappa shape index (κ1) is 19.1. The molecular formula is C17H20INO4S. The van der Waals surface area contributed by atoms with Gasteiger partial charge in [-0.25, -0.2) is 0 Å². The van der Waals surface area contributed by atoms with Gasteiger partial charge < -0.3 is 9.47 Å². The lowest BCUT2D eigenvalue weighted by Crippen LogP contribution is -2.27. The van der Waals surface area contributed by atoms with E-state index in [4.69, 9.17) is 9.47 Å². The van der Waals surface area contributed by atoms with E-state index in [9.17, 15) is 9.59 Å². The van der Waals surface area contributed by atoms with Gasteiger partial charge in [0.2, 0.25) is 0 Å². The Hall–Kier alpha value is -1.22. The number of thioether (sulfide) groups is 1. The van der Waals surface area contributed by atoms with Crippen molar-refractivity contribution in [2.45, 2.75) is 33.3 Å². The van der Waals surface area contributed by atoms with E-state index in [2.05, 4.69) is 29.5 Å². The number of likely N-dealkylation sites (N-methyl/N-ethyl adjacent to an activating group) is 1. The maximum atomic E-state index is 12.2. The molecule has 1 aliphatic heterocycles. The Morgan fingerprint density at radius 2 is 2.04 bits per heavy atom. The van der Waals surface area contributed by atoms with Crippen LogP contribution in [-0.4, -0.2) is 35.8 Å². The molecule has 0 bridgehead atoms. The number of carbonyl (C=O) groups is 2. The average Bonchev–Trinajstić information content (AvgIpc) is 2.82. The predicted molar refractivity (Wildman–Crippen MR) is 104 cm³/mol. The zero-order valence-electron chi connectivity index (χ0n) is 14.1. The highest BCUT2D eigenvalue weighted by Gasteiger charge is 2.33. The first-order valence-corrected chi connectivity index (χ1v) is 9.60. The van der Waals surface area contributed by atoms with Gasteiger partial charge in [0, 0.05) is 6.54 Å². The summed E-state index contributed by atoms with van der Waals surface area (Å²) in [6, 6.07) is 3.74. The molecule has 1 saturated heterocycles. The van der Waals surface area contributed by atoms with Crippen molar-refractivity contribution in [1.82, 2.24) is 4.90 Å². The van der Waals surface area contributed by atoms with Crippen molar-refractivity contribution in [2.24, 2.45) is 0 Å². The van der Waals surface area contributed by atoms with Gasteiger partial charge in [0.1, 0.15) is 0 Å². The summed E-state index contributed by atoms with van der Waals surface area (Å²) in [5, 5.41) is -0.230. The van der Waals surface area contributed by atoms with Crippen LogP contribution in [0.2, 0.25) is 0 Å². The number of ether oxygens (including phenoxy) is 2. The molecule has 7 heteroatoms. The quantitative estimate of drug-likeness (QED) is 0.460. The molecule has 0 radical (unpaired) electrons. The summed E-state index contributed by atoms with van der Waals surface area (Å²) in [5.41, 5.74) is 0.800. The number of benzene rings is 1. The van der Waals surface area contributed by atoms with Crippen molar-refractivity contribution < 1.29 is 19.1 Å². The summed E-state index contributed by atoms with van der Waals surface area (Å²) in [5.74, 6) is 1.07. The molecule has 0 spiro atoms. The van der Waals surface area contributed by atoms with Crippen molar-refractivity contribution in [3.05, 3.63) is 26.2 Å². The van der Waals surface area contributed by atoms with Gasteiger partial charge in [0.25, 0.3) is 11.1 Å². The Kier molecular flexibility index (Phi) is 6.56. The number of carbonyl (C=O) groups excluding carboxylic acids is 2. The Labute approximate surface area is 159 Å². The highest BCUT2D eigenvalue weighted by atomic mass is 127. The maximum Gasteiger partial charge on any atom is 0.293 e. The number of hydrogen-bond acceptors (Lipinski definition) is 5. The van der Waals surface area contributed by atoms with Crippen LogP contribution in [0.25, 0.3) is 6.08 Å². The average molecular weight is 461 g/mol. The fraction of sp³-hybridized carbons (Fsp3) is 0.412. The van der Waals surface area contributed by atoms with Gasteiger partial charge in [-0.2, -0.15) is 0 Å². The number of methoxy groups -OCH3 is 1. The molecule has 0 aromatic heterocycles. The molecule has 0 aliphatic carbocycles. The van der Waals surface area contributed by atoms with E-state index in [1.165, 1.54) is 4.90 Å². The molecule has 1 fully saturated rings. The third kappa shape index (κ3) is 4.05. The third-order valence-corrected chi connectivity index (χ3v) is 5.34. The summed E-state index contributed by atoms with van der Waals surface area (Å²) >= 11 is 3.15. The van der Waals surface area contributed by atoms with E-state index in [1.54, 1.807) is 20.1 Å². The molecule has 130 valence electrons. The summed E-state index contributed by atoms with van der Waals surface area (Å²) in [6.45, 7) is 6.23. The Bertz CT molecular complexity index is 689. The van der Waals surface area contributed by atoms with Gasteiger partial charge in [-0.15, -0.1) is 0 Å². The fourth-order valence-corrected chi connectivity index (χ4v) is 3.80. The van der Waals surface area contributed by atoms with E-state index in [-0.39, 0.29) is 17.3 Å².